The molecule has 6 nitrogen and oxygen atoms in total. The molecule has 2 aromatic heterocycles. The predicted molar refractivity (Wildman–Crippen MR) is 77.7 cm³/mol. The van der Waals surface area contributed by atoms with Gasteiger partial charge in [-0.3, -0.25) is 14.3 Å². The normalized spacial score (nSPS) is 17.2. The molecule has 3 rings (SSSR count). The highest BCUT2D eigenvalue weighted by Crippen LogP contribution is 2.20. The van der Waals surface area contributed by atoms with Crippen LogP contribution in [0.15, 0.2) is 34.0 Å². The van der Waals surface area contributed by atoms with Crippen LogP contribution in [0.2, 0.25) is 0 Å². The first kappa shape index (κ1) is 14.0. The fraction of sp³-hybridized carbons (Fsp3) is 0.533. The first-order valence-electron chi connectivity index (χ1n) is 7.36. The van der Waals surface area contributed by atoms with E-state index in [1.165, 1.54) is 6.07 Å². The molecule has 3 heterocycles. The van der Waals surface area contributed by atoms with Crippen LogP contribution in [0, 0.1) is 12.8 Å². The minimum absolute atomic E-state index is 0.0320. The molecule has 6 heteroatoms. The summed E-state index contributed by atoms with van der Waals surface area (Å²) >= 11 is 0. The molecule has 112 valence electrons. The fourth-order valence-corrected chi connectivity index (χ4v) is 2.83. The Labute approximate surface area is 123 Å². The zero-order valence-corrected chi connectivity index (χ0v) is 12.2. The lowest BCUT2D eigenvalue weighted by atomic mass is 9.96. The van der Waals surface area contributed by atoms with E-state index in [0.29, 0.717) is 5.92 Å². The molecule has 0 amide bonds. The number of aromatic nitrogens is 3. The first-order valence-corrected chi connectivity index (χ1v) is 7.36. The number of piperidine rings is 1. The highest BCUT2D eigenvalue weighted by Gasteiger charge is 2.20. The summed E-state index contributed by atoms with van der Waals surface area (Å²) in [6.07, 6.45) is 5.36. The van der Waals surface area contributed by atoms with Crippen LogP contribution in [0.25, 0.3) is 0 Å². The first-order chi connectivity index (χ1) is 10.2. The number of hydrogen-bond donors (Lipinski definition) is 0. The fourth-order valence-electron chi connectivity index (χ4n) is 2.83. The van der Waals surface area contributed by atoms with Crippen LogP contribution in [0.3, 0.4) is 0 Å². The van der Waals surface area contributed by atoms with Crippen LogP contribution in [0.1, 0.15) is 24.3 Å². The summed E-state index contributed by atoms with van der Waals surface area (Å²) in [5.41, 5.74) is 0.959. The van der Waals surface area contributed by atoms with Gasteiger partial charge < -0.3 is 4.52 Å². The molecule has 21 heavy (non-hydrogen) atoms. The summed E-state index contributed by atoms with van der Waals surface area (Å²) in [5.74, 6) is 1.47. The Balaban J connectivity index is 1.51. The van der Waals surface area contributed by atoms with Crippen molar-refractivity contribution in [1.29, 1.82) is 0 Å². The van der Waals surface area contributed by atoms with Crippen LogP contribution < -0.4 is 5.56 Å². The number of rotatable bonds is 4. The lowest BCUT2D eigenvalue weighted by Gasteiger charge is -2.31. The van der Waals surface area contributed by atoms with Crippen molar-refractivity contribution in [3.8, 4) is 0 Å². The van der Waals surface area contributed by atoms with Crippen molar-refractivity contribution in [2.45, 2.75) is 32.9 Å². The molecule has 0 spiro atoms. The summed E-state index contributed by atoms with van der Waals surface area (Å²) in [7, 11) is 0. The van der Waals surface area contributed by atoms with E-state index < -0.39 is 0 Å². The zero-order chi connectivity index (χ0) is 14.7. The Bertz CT molecular complexity index is 641. The van der Waals surface area contributed by atoms with Crippen LogP contribution in [0.4, 0.5) is 0 Å². The Morgan fingerprint density at radius 3 is 2.86 bits per heavy atom. The molecule has 0 aromatic carbocycles. The molecule has 0 bridgehead atoms. The zero-order valence-electron chi connectivity index (χ0n) is 12.2. The molecule has 0 atom stereocenters. The Morgan fingerprint density at radius 2 is 2.19 bits per heavy atom. The standard InChI is InChI=1S/C15H20N4O2/c1-12-8-14(21-17-12)10-18-6-3-13(4-7-18)9-19-11-16-5-2-15(19)20/h2,5,8,11,13H,3-4,6-7,9-10H2,1H3. The van der Waals surface area contributed by atoms with Gasteiger partial charge in [-0.25, -0.2) is 4.98 Å². The average molecular weight is 288 g/mol. The predicted octanol–water partition coefficient (Wildman–Crippen LogP) is 1.45. The second-order valence-electron chi connectivity index (χ2n) is 5.73. The third-order valence-corrected chi connectivity index (χ3v) is 4.01. The van der Waals surface area contributed by atoms with Gasteiger partial charge in [0.15, 0.2) is 5.76 Å². The molecule has 0 saturated carbocycles. The molecule has 0 N–H and O–H groups in total. The van der Waals surface area contributed by atoms with Crippen molar-refractivity contribution in [1.82, 2.24) is 19.6 Å². The van der Waals surface area contributed by atoms with Gasteiger partial charge in [0.25, 0.3) is 5.56 Å². The monoisotopic (exact) mass is 288 g/mol. The van der Waals surface area contributed by atoms with Crippen LogP contribution >= 0.6 is 0 Å². The maximum atomic E-state index is 11.7. The topological polar surface area (TPSA) is 64.2 Å². The quantitative estimate of drug-likeness (QED) is 0.852. The van der Waals surface area contributed by atoms with Crippen molar-refractivity contribution < 1.29 is 4.52 Å². The molecule has 1 aliphatic rings. The van der Waals surface area contributed by atoms with E-state index in [4.69, 9.17) is 4.52 Å². The van der Waals surface area contributed by atoms with Gasteiger partial charge in [0.2, 0.25) is 0 Å². The highest BCUT2D eigenvalue weighted by atomic mass is 16.5. The molecule has 0 aliphatic carbocycles. The van der Waals surface area contributed by atoms with Gasteiger partial charge in [0, 0.05) is 24.9 Å². The number of aryl methyl sites for hydroxylation is 1. The molecule has 0 unspecified atom stereocenters. The van der Waals surface area contributed by atoms with E-state index in [2.05, 4.69) is 15.0 Å². The maximum absolute atomic E-state index is 11.7. The summed E-state index contributed by atoms with van der Waals surface area (Å²) < 4.78 is 6.97. The van der Waals surface area contributed by atoms with E-state index in [-0.39, 0.29) is 5.56 Å². The van der Waals surface area contributed by atoms with E-state index in [0.717, 1.165) is 50.5 Å². The Hall–Kier alpha value is -1.95. The Kier molecular flexibility index (Phi) is 4.15. The van der Waals surface area contributed by atoms with Gasteiger partial charge in [-0.2, -0.15) is 0 Å². The van der Waals surface area contributed by atoms with Crippen molar-refractivity contribution in [2.24, 2.45) is 5.92 Å². The van der Waals surface area contributed by atoms with Crippen molar-refractivity contribution >= 4 is 0 Å². The van der Waals surface area contributed by atoms with Crippen molar-refractivity contribution in [3.63, 3.8) is 0 Å². The van der Waals surface area contributed by atoms with Gasteiger partial charge in [-0.15, -0.1) is 0 Å². The summed E-state index contributed by atoms with van der Waals surface area (Å²) in [6.45, 7) is 5.58. The maximum Gasteiger partial charge on any atom is 0.253 e. The molecule has 1 fully saturated rings. The third kappa shape index (κ3) is 3.58. The molecule has 0 radical (unpaired) electrons. The van der Waals surface area contributed by atoms with E-state index in [1.54, 1.807) is 17.1 Å². The van der Waals surface area contributed by atoms with E-state index in [1.807, 2.05) is 13.0 Å². The number of likely N-dealkylation sites (tertiary alicyclic amines) is 1. The number of nitrogens with zero attached hydrogens (tertiary/aromatic N) is 4. The number of hydrogen-bond acceptors (Lipinski definition) is 5. The molecule has 1 aliphatic heterocycles. The van der Waals surface area contributed by atoms with Crippen LogP contribution in [-0.2, 0) is 13.1 Å². The minimum Gasteiger partial charge on any atom is -0.360 e. The van der Waals surface area contributed by atoms with Crippen LogP contribution in [-0.4, -0.2) is 32.7 Å². The lowest BCUT2D eigenvalue weighted by molar-refractivity contribution is 0.152. The van der Waals surface area contributed by atoms with Crippen molar-refractivity contribution in [2.75, 3.05) is 13.1 Å². The molecule has 2 aromatic rings. The van der Waals surface area contributed by atoms with Crippen LogP contribution in [0.5, 0.6) is 0 Å². The lowest BCUT2D eigenvalue weighted by Crippen LogP contribution is -2.35. The van der Waals surface area contributed by atoms with Gasteiger partial charge in [0.1, 0.15) is 0 Å². The molecular weight excluding hydrogens is 268 g/mol. The molecule has 1 saturated heterocycles. The third-order valence-electron chi connectivity index (χ3n) is 4.01. The summed E-state index contributed by atoms with van der Waals surface area (Å²) in [5, 5.41) is 3.92. The SMILES string of the molecule is Cc1cc(CN2CCC(Cn3cnccc3=O)CC2)on1. The summed E-state index contributed by atoms with van der Waals surface area (Å²) in [4.78, 5) is 18.1. The van der Waals surface area contributed by atoms with Gasteiger partial charge in [-0.1, -0.05) is 5.16 Å². The Morgan fingerprint density at radius 1 is 1.38 bits per heavy atom. The largest absolute Gasteiger partial charge is 0.360 e. The van der Waals surface area contributed by atoms with Gasteiger partial charge >= 0.3 is 0 Å². The highest BCUT2D eigenvalue weighted by molar-refractivity contribution is 5.03. The van der Waals surface area contributed by atoms with Gasteiger partial charge in [0.05, 0.1) is 18.6 Å². The molecular formula is C15H20N4O2. The van der Waals surface area contributed by atoms with Gasteiger partial charge in [-0.05, 0) is 38.8 Å². The van der Waals surface area contributed by atoms with E-state index in [9.17, 15) is 4.79 Å². The minimum atomic E-state index is 0.0320. The smallest absolute Gasteiger partial charge is 0.253 e. The van der Waals surface area contributed by atoms with Crippen molar-refractivity contribution in [3.05, 3.63) is 46.5 Å². The second kappa shape index (κ2) is 6.22. The average Bonchev–Trinajstić information content (AvgIpc) is 2.89. The second-order valence-corrected chi connectivity index (χ2v) is 5.73. The van der Waals surface area contributed by atoms with E-state index >= 15 is 0 Å². The summed E-state index contributed by atoms with van der Waals surface area (Å²) in [6, 6.07) is 3.50.